The van der Waals surface area contributed by atoms with Crippen molar-refractivity contribution in [1.29, 1.82) is 0 Å². The van der Waals surface area contributed by atoms with E-state index in [4.69, 9.17) is 10.5 Å². The second-order valence-electron chi connectivity index (χ2n) is 5.02. The number of hydrogen-bond donors (Lipinski definition) is 3. The van der Waals surface area contributed by atoms with E-state index in [0.29, 0.717) is 12.2 Å². The fourth-order valence-corrected chi connectivity index (χ4v) is 2.63. The number of rotatable bonds is 4. The predicted molar refractivity (Wildman–Crippen MR) is 75.2 cm³/mol. The molecule has 2 rings (SSSR count). The molecule has 1 aliphatic heterocycles. The number of benzene rings is 1. The lowest BCUT2D eigenvalue weighted by atomic mass is 9.78. The Kier molecular flexibility index (Phi) is 3.95. The minimum absolute atomic E-state index is 0.115. The average molecular weight is 263 g/mol. The Balaban J connectivity index is 2.33. The maximum Gasteiger partial charge on any atom is 0.243 e. The largest absolute Gasteiger partial charge is 0.495 e. The number of para-hydroxylation sites is 2. The van der Waals surface area contributed by atoms with Crippen molar-refractivity contribution in [3.05, 3.63) is 24.3 Å². The standard InChI is InChI=1S/C14H21N3O2/c1-10-9-16-8-7-14(10,13(15)18)17-11-5-3-4-6-12(11)19-2/h3-6,10,16-17H,7-9H2,1-2H3,(H2,15,18). The summed E-state index contributed by atoms with van der Waals surface area (Å²) in [4.78, 5) is 12.0. The maximum absolute atomic E-state index is 12.0. The van der Waals surface area contributed by atoms with E-state index in [2.05, 4.69) is 10.6 Å². The molecule has 19 heavy (non-hydrogen) atoms. The number of nitrogens with two attached hydrogens (primary N) is 1. The van der Waals surface area contributed by atoms with Gasteiger partial charge < -0.3 is 21.1 Å². The molecule has 1 aromatic rings. The zero-order valence-electron chi connectivity index (χ0n) is 11.4. The highest BCUT2D eigenvalue weighted by Crippen LogP contribution is 2.33. The summed E-state index contributed by atoms with van der Waals surface area (Å²) in [7, 11) is 1.61. The molecule has 0 spiro atoms. The Morgan fingerprint density at radius 1 is 1.53 bits per heavy atom. The predicted octanol–water partition coefficient (Wildman–Crippen LogP) is 0.961. The summed E-state index contributed by atoms with van der Waals surface area (Å²) < 4.78 is 5.32. The molecule has 5 heteroatoms. The van der Waals surface area contributed by atoms with Crippen LogP contribution in [0.1, 0.15) is 13.3 Å². The smallest absolute Gasteiger partial charge is 0.243 e. The first-order valence-corrected chi connectivity index (χ1v) is 6.52. The van der Waals surface area contributed by atoms with Crippen molar-refractivity contribution in [2.75, 3.05) is 25.5 Å². The van der Waals surface area contributed by atoms with Crippen molar-refractivity contribution in [2.45, 2.75) is 18.9 Å². The van der Waals surface area contributed by atoms with Gasteiger partial charge in [0.2, 0.25) is 5.91 Å². The Labute approximate surface area is 113 Å². The van der Waals surface area contributed by atoms with Crippen LogP contribution in [-0.4, -0.2) is 31.6 Å². The van der Waals surface area contributed by atoms with Crippen LogP contribution in [0, 0.1) is 5.92 Å². The zero-order chi connectivity index (χ0) is 13.9. The van der Waals surface area contributed by atoms with Gasteiger partial charge in [0.1, 0.15) is 11.3 Å². The van der Waals surface area contributed by atoms with Crippen LogP contribution in [0.4, 0.5) is 5.69 Å². The Hall–Kier alpha value is -1.75. The molecule has 1 aliphatic rings. The lowest BCUT2D eigenvalue weighted by Gasteiger charge is -2.41. The van der Waals surface area contributed by atoms with Crippen LogP contribution >= 0.6 is 0 Å². The maximum atomic E-state index is 12.0. The summed E-state index contributed by atoms with van der Waals surface area (Å²) in [5, 5.41) is 6.60. The molecule has 2 atom stereocenters. The topological polar surface area (TPSA) is 76.4 Å². The number of anilines is 1. The number of carbonyl (C=O) groups excluding carboxylic acids is 1. The molecule has 1 fully saturated rings. The van der Waals surface area contributed by atoms with Crippen LogP contribution < -0.4 is 21.1 Å². The van der Waals surface area contributed by atoms with Gasteiger partial charge in [0, 0.05) is 12.5 Å². The number of nitrogens with one attached hydrogen (secondary N) is 2. The fourth-order valence-electron chi connectivity index (χ4n) is 2.63. The van der Waals surface area contributed by atoms with Crippen LogP contribution in [0.15, 0.2) is 24.3 Å². The van der Waals surface area contributed by atoms with E-state index >= 15 is 0 Å². The minimum atomic E-state index is -0.722. The molecule has 0 aliphatic carbocycles. The number of hydrogen-bond acceptors (Lipinski definition) is 4. The lowest BCUT2D eigenvalue weighted by molar-refractivity contribution is -0.124. The van der Waals surface area contributed by atoms with Crippen LogP contribution in [0.3, 0.4) is 0 Å². The van der Waals surface area contributed by atoms with E-state index in [1.807, 2.05) is 31.2 Å². The highest BCUT2D eigenvalue weighted by molar-refractivity contribution is 5.89. The van der Waals surface area contributed by atoms with Crippen LogP contribution in [0.2, 0.25) is 0 Å². The van der Waals surface area contributed by atoms with Crippen molar-refractivity contribution in [2.24, 2.45) is 11.7 Å². The summed E-state index contributed by atoms with van der Waals surface area (Å²) in [6.07, 6.45) is 0.668. The molecule has 0 saturated carbocycles. The summed E-state index contributed by atoms with van der Waals surface area (Å²) in [6, 6.07) is 7.57. The second kappa shape index (κ2) is 5.48. The summed E-state index contributed by atoms with van der Waals surface area (Å²) >= 11 is 0. The van der Waals surface area contributed by atoms with Gasteiger partial charge in [0.25, 0.3) is 0 Å². The number of amides is 1. The third-order valence-corrected chi connectivity index (χ3v) is 3.89. The van der Waals surface area contributed by atoms with Crippen LogP contribution in [0.25, 0.3) is 0 Å². The van der Waals surface area contributed by atoms with Gasteiger partial charge in [0.05, 0.1) is 12.8 Å². The quantitative estimate of drug-likeness (QED) is 0.756. The van der Waals surface area contributed by atoms with Gasteiger partial charge in [0.15, 0.2) is 0 Å². The molecule has 1 heterocycles. The first kappa shape index (κ1) is 13.7. The second-order valence-corrected chi connectivity index (χ2v) is 5.02. The molecule has 0 bridgehead atoms. The molecular formula is C14H21N3O2. The van der Waals surface area contributed by atoms with Gasteiger partial charge >= 0.3 is 0 Å². The van der Waals surface area contributed by atoms with Crippen molar-refractivity contribution in [1.82, 2.24) is 5.32 Å². The molecule has 2 unspecified atom stereocenters. The lowest BCUT2D eigenvalue weighted by Crippen LogP contribution is -2.61. The molecule has 1 saturated heterocycles. The third kappa shape index (κ3) is 2.51. The van der Waals surface area contributed by atoms with Crippen LogP contribution in [-0.2, 0) is 4.79 Å². The first-order valence-electron chi connectivity index (χ1n) is 6.52. The molecule has 104 valence electrons. The first-order chi connectivity index (χ1) is 9.10. The SMILES string of the molecule is COc1ccccc1NC1(C(N)=O)CCNCC1C. The highest BCUT2D eigenvalue weighted by atomic mass is 16.5. The fraction of sp³-hybridized carbons (Fsp3) is 0.500. The molecule has 1 aromatic carbocycles. The number of piperidine rings is 1. The van der Waals surface area contributed by atoms with Gasteiger partial charge in [-0.05, 0) is 25.1 Å². The summed E-state index contributed by atoms with van der Waals surface area (Å²) in [5.74, 6) is 0.518. The number of methoxy groups -OCH3 is 1. The normalized spacial score (nSPS) is 26.7. The molecule has 1 amide bonds. The summed E-state index contributed by atoms with van der Waals surface area (Å²) in [6.45, 7) is 3.57. The van der Waals surface area contributed by atoms with Gasteiger partial charge in [-0.3, -0.25) is 4.79 Å². The average Bonchev–Trinajstić information content (AvgIpc) is 2.41. The van der Waals surface area contributed by atoms with E-state index in [-0.39, 0.29) is 11.8 Å². The van der Waals surface area contributed by atoms with Crippen LogP contribution in [0.5, 0.6) is 5.75 Å². The molecule has 0 radical (unpaired) electrons. The van der Waals surface area contributed by atoms with Gasteiger partial charge in [-0.15, -0.1) is 0 Å². The highest BCUT2D eigenvalue weighted by Gasteiger charge is 2.44. The Bertz CT molecular complexity index is 464. The van der Waals surface area contributed by atoms with Gasteiger partial charge in [-0.2, -0.15) is 0 Å². The number of carbonyl (C=O) groups is 1. The van der Waals surface area contributed by atoms with Crippen molar-refractivity contribution < 1.29 is 9.53 Å². The molecular weight excluding hydrogens is 242 g/mol. The van der Waals surface area contributed by atoms with Crippen molar-refractivity contribution in [3.63, 3.8) is 0 Å². The van der Waals surface area contributed by atoms with Crippen molar-refractivity contribution in [3.8, 4) is 5.75 Å². The summed E-state index contributed by atoms with van der Waals surface area (Å²) in [5.41, 5.74) is 5.74. The monoisotopic (exact) mass is 263 g/mol. The number of ether oxygens (including phenoxy) is 1. The minimum Gasteiger partial charge on any atom is -0.495 e. The van der Waals surface area contributed by atoms with E-state index in [1.165, 1.54) is 0 Å². The zero-order valence-corrected chi connectivity index (χ0v) is 11.4. The van der Waals surface area contributed by atoms with Gasteiger partial charge in [-0.25, -0.2) is 0 Å². The van der Waals surface area contributed by atoms with E-state index in [9.17, 15) is 4.79 Å². The molecule has 5 nitrogen and oxygen atoms in total. The third-order valence-electron chi connectivity index (χ3n) is 3.89. The van der Waals surface area contributed by atoms with E-state index in [0.717, 1.165) is 18.8 Å². The van der Waals surface area contributed by atoms with E-state index < -0.39 is 5.54 Å². The van der Waals surface area contributed by atoms with Gasteiger partial charge in [-0.1, -0.05) is 19.1 Å². The molecule has 0 aromatic heterocycles. The van der Waals surface area contributed by atoms with E-state index in [1.54, 1.807) is 7.11 Å². The number of primary amides is 1. The Morgan fingerprint density at radius 3 is 2.89 bits per heavy atom. The van der Waals surface area contributed by atoms with Crippen molar-refractivity contribution >= 4 is 11.6 Å². The Morgan fingerprint density at radius 2 is 2.26 bits per heavy atom. The molecule has 4 N–H and O–H groups in total.